The zero-order valence-corrected chi connectivity index (χ0v) is 16.3. The van der Waals surface area contributed by atoms with Crippen molar-refractivity contribution >= 4 is 6.08 Å². The van der Waals surface area contributed by atoms with Gasteiger partial charge in [-0.05, 0) is 54.5 Å². The zero-order chi connectivity index (χ0) is 18.4. The maximum Gasteiger partial charge on any atom is 0.0195 e. The first-order valence-electron chi connectivity index (χ1n) is 9.30. The molecular weight excluding hydrogens is 302 g/mol. The number of benzene rings is 1. The molecule has 0 bridgehead atoms. The van der Waals surface area contributed by atoms with Gasteiger partial charge in [0.2, 0.25) is 0 Å². The van der Waals surface area contributed by atoms with E-state index in [2.05, 4.69) is 88.8 Å². The Bertz CT molecular complexity index is 786. The minimum Gasteiger partial charge on any atom is -0.364 e. The first kappa shape index (κ1) is 19.1. The second-order valence-corrected chi connectivity index (χ2v) is 6.83. The van der Waals surface area contributed by atoms with Crippen LogP contribution < -0.4 is 0 Å². The first-order chi connectivity index (χ1) is 12.0. The van der Waals surface area contributed by atoms with Crippen molar-refractivity contribution < 1.29 is 0 Å². The van der Waals surface area contributed by atoms with Crippen LogP contribution in [-0.2, 0) is 6.42 Å². The van der Waals surface area contributed by atoms with E-state index in [1.165, 1.54) is 39.1 Å². The summed E-state index contributed by atoms with van der Waals surface area (Å²) in [6.07, 6.45) is 10.9. The van der Waals surface area contributed by atoms with Crippen molar-refractivity contribution in [2.45, 2.75) is 47.5 Å². The van der Waals surface area contributed by atoms with Gasteiger partial charge in [-0.25, -0.2) is 0 Å². The van der Waals surface area contributed by atoms with Crippen LogP contribution in [0.1, 0.15) is 50.9 Å². The van der Waals surface area contributed by atoms with Gasteiger partial charge in [-0.3, -0.25) is 0 Å². The van der Waals surface area contributed by atoms with Gasteiger partial charge in [0, 0.05) is 23.0 Å². The summed E-state index contributed by atoms with van der Waals surface area (Å²) in [6.45, 7) is 15.0. The molecule has 1 aromatic heterocycles. The van der Waals surface area contributed by atoms with Crippen molar-refractivity contribution in [3.05, 3.63) is 77.2 Å². The number of aryl methyl sites for hydroxylation is 2. The van der Waals surface area contributed by atoms with Gasteiger partial charge in [0.25, 0.3) is 0 Å². The Hall–Kier alpha value is -2.28. The Morgan fingerprint density at radius 1 is 1.28 bits per heavy atom. The summed E-state index contributed by atoms with van der Waals surface area (Å²) < 4.78 is 0. The van der Waals surface area contributed by atoms with Crippen LogP contribution in [0.4, 0.5) is 0 Å². The van der Waals surface area contributed by atoms with E-state index in [1.54, 1.807) is 0 Å². The van der Waals surface area contributed by atoms with Crippen LogP contribution in [-0.4, -0.2) is 4.98 Å². The Morgan fingerprint density at radius 2 is 2.04 bits per heavy atom. The zero-order valence-electron chi connectivity index (χ0n) is 16.3. The van der Waals surface area contributed by atoms with Gasteiger partial charge < -0.3 is 4.98 Å². The molecule has 0 spiro atoms. The van der Waals surface area contributed by atoms with Crippen LogP contribution in [0.25, 0.3) is 17.2 Å². The minimum absolute atomic E-state index is 0.560. The largest absolute Gasteiger partial charge is 0.364 e. The summed E-state index contributed by atoms with van der Waals surface area (Å²) in [7, 11) is 0. The second-order valence-electron chi connectivity index (χ2n) is 6.83. The molecule has 0 saturated heterocycles. The Kier molecular flexibility index (Phi) is 6.64. The lowest BCUT2D eigenvalue weighted by Crippen LogP contribution is -1.91. The average molecular weight is 334 g/mol. The smallest absolute Gasteiger partial charge is 0.0195 e. The molecule has 1 heteroatoms. The number of rotatable bonds is 7. The van der Waals surface area contributed by atoms with Crippen molar-refractivity contribution in [2.75, 3.05) is 0 Å². The fourth-order valence-electron chi connectivity index (χ4n) is 3.01. The van der Waals surface area contributed by atoms with Gasteiger partial charge in [-0.2, -0.15) is 0 Å². The number of aromatic amines is 1. The third kappa shape index (κ3) is 4.63. The molecule has 0 aliphatic rings. The standard InChI is InChI=1S/C24H31N/c1-7-17(4)13-21(9-3)18(5)14-23-19(6)25-16-24(23)22-12-10-11-20(8-2)15-22/h9-17,25H,3,7-8H2,1-2,4-6H3/b18-14+,21-13+. The van der Waals surface area contributed by atoms with Crippen molar-refractivity contribution in [3.63, 3.8) is 0 Å². The predicted octanol–water partition coefficient (Wildman–Crippen LogP) is 7.11. The summed E-state index contributed by atoms with van der Waals surface area (Å²) in [6, 6.07) is 8.82. The number of nitrogens with one attached hydrogen (secondary N) is 1. The van der Waals surface area contributed by atoms with Crippen LogP contribution >= 0.6 is 0 Å². The molecule has 2 aromatic rings. The molecule has 0 radical (unpaired) electrons. The summed E-state index contributed by atoms with van der Waals surface area (Å²) >= 11 is 0. The normalized spacial score (nSPS) is 13.8. The molecule has 1 unspecified atom stereocenters. The Morgan fingerprint density at radius 3 is 2.68 bits per heavy atom. The molecule has 1 atom stereocenters. The number of allylic oxidation sites excluding steroid dienone is 4. The van der Waals surface area contributed by atoms with E-state index >= 15 is 0 Å². The minimum atomic E-state index is 0.560. The van der Waals surface area contributed by atoms with Crippen LogP contribution in [0.2, 0.25) is 0 Å². The van der Waals surface area contributed by atoms with Gasteiger partial charge in [0.05, 0.1) is 0 Å². The molecule has 2 rings (SSSR count). The van der Waals surface area contributed by atoms with E-state index in [1.807, 2.05) is 6.08 Å². The highest BCUT2D eigenvalue weighted by Gasteiger charge is 2.10. The molecule has 1 N–H and O–H groups in total. The highest BCUT2D eigenvalue weighted by atomic mass is 14.7. The SMILES string of the molecule is C=CC(=C\C(C)CC)/C(C)=C/c1c(-c2cccc(CC)c2)c[nH]c1C. The van der Waals surface area contributed by atoms with E-state index in [-0.39, 0.29) is 0 Å². The average Bonchev–Trinajstić information content (AvgIpc) is 2.99. The van der Waals surface area contributed by atoms with Crippen LogP contribution in [0, 0.1) is 12.8 Å². The maximum absolute atomic E-state index is 4.01. The van der Waals surface area contributed by atoms with Gasteiger partial charge in [-0.15, -0.1) is 0 Å². The molecule has 0 aliphatic heterocycles. The molecule has 1 aromatic carbocycles. The Balaban J connectivity index is 2.47. The van der Waals surface area contributed by atoms with E-state index in [0.717, 1.165) is 12.8 Å². The van der Waals surface area contributed by atoms with E-state index in [0.29, 0.717) is 5.92 Å². The lowest BCUT2D eigenvalue weighted by atomic mass is 9.95. The quantitative estimate of drug-likeness (QED) is 0.519. The van der Waals surface area contributed by atoms with Crippen LogP contribution in [0.3, 0.4) is 0 Å². The highest BCUT2D eigenvalue weighted by Crippen LogP contribution is 2.30. The van der Waals surface area contributed by atoms with Crippen LogP contribution in [0.15, 0.2) is 60.3 Å². The molecular formula is C24H31N. The highest BCUT2D eigenvalue weighted by molar-refractivity contribution is 5.79. The van der Waals surface area contributed by atoms with Crippen molar-refractivity contribution in [3.8, 4) is 11.1 Å². The van der Waals surface area contributed by atoms with E-state index in [4.69, 9.17) is 0 Å². The van der Waals surface area contributed by atoms with E-state index in [9.17, 15) is 0 Å². The fraction of sp³-hybridized carbons (Fsp3) is 0.333. The molecule has 0 saturated carbocycles. The Labute approximate surface area is 153 Å². The lowest BCUT2D eigenvalue weighted by Gasteiger charge is -2.09. The molecule has 0 amide bonds. The monoisotopic (exact) mass is 333 g/mol. The van der Waals surface area contributed by atoms with Crippen molar-refractivity contribution in [1.29, 1.82) is 0 Å². The maximum atomic E-state index is 4.01. The van der Waals surface area contributed by atoms with Gasteiger partial charge in [0.1, 0.15) is 0 Å². The summed E-state index contributed by atoms with van der Waals surface area (Å²) in [4.78, 5) is 3.40. The van der Waals surface area contributed by atoms with Crippen molar-refractivity contribution in [1.82, 2.24) is 4.98 Å². The lowest BCUT2D eigenvalue weighted by molar-refractivity contribution is 0.695. The fourth-order valence-corrected chi connectivity index (χ4v) is 3.01. The number of aromatic nitrogens is 1. The summed E-state index contributed by atoms with van der Waals surface area (Å²) in [5.74, 6) is 0.560. The number of H-pyrrole nitrogens is 1. The molecule has 1 nitrogen and oxygen atoms in total. The second kappa shape index (κ2) is 8.71. The number of hydrogen-bond donors (Lipinski definition) is 1. The third-order valence-electron chi connectivity index (χ3n) is 4.92. The van der Waals surface area contributed by atoms with Gasteiger partial charge in [-0.1, -0.05) is 70.2 Å². The number of hydrogen-bond acceptors (Lipinski definition) is 0. The molecule has 0 fully saturated rings. The molecule has 25 heavy (non-hydrogen) atoms. The summed E-state index contributed by atoms with van der Waals surface area (Å²) in [5, 5.41) is 0. The molecule has 132 valence electrons. The predicted molar refractivity (Wildman–Crippen MR) is 112 cm³/mol. The first-order valence-corrected chi connectivity index (χ1v) is 9.30. The topological polar surface area (TPSA) is 15.8 Å². The van der Waals surface area contributed by atoms with Gasteiger partial charge >= 0.3 is 0 Å². The molecule has 1 heterocycles. The summed E-state index contributed by atoms with van der Waals surface area (Å²) in [5.41, 5.74) is 8.85. The van der Waals surface area contributed by atoms with Crippen LogP contribution in [0.5, 0.6) is 0 Å². The third-order valence-corrected chi connectivity index (χ3v) is 4.92. The molecule has 0 aliphatic carbocycles. The van der Waals surface area contributed by atoms with Crippen molar-refractivity contribution in [2.24, 2.45) is 5.92 Å². The van der Waals surface area contributed by atoms with Gasteiger partial charge in [0.15, 0.2) is 0 Å². The van der Waals surface area contributed by atoms with E-state index < -0.39 is 0 Å².